The normalized spacial score (nSPS) is 15.1. The zero-order valence-electron chi connectivity index (χ0n) is 11.3. The highest BCUT2D eigenvalue weighted by Gasteiger charge is 2.29. The van der Waals surface area contributed by atoms with E-state index in [4.69, 9.17) is 10.8 Å². The van der Waals surface area contributed by atoms with Gasteiger partial charge in [-0.15, -0.1) is 0 Å². The Hall–Kier alpha value is -2.41. The van der Waals surface area contributed by atoms with Gasteiger partial charge in [0.1, 0.15) is 0 Å². The highest BCUT2D eigenvalue weighted by Crippen LogP contribution is 2.30. The molecule has 7 nitrogen and oxygen atoms in total. The number of anilines is 2. The van der Waals surface area contributed by atoms with Crippen LogP contribution in [0.5, 0.6) is 0 Å². The number of aliphatic carboxylic acids is 1. The molecule has 7 heteroatoms. The van der Waals surface area contributed by atoms with E-state index in [0.29, 0.717) is 11.4 Å². The highest BCUT2D eigenvalue weighted by atomic mass is 16.4. The fourth-order valence-corrected chi connectivity index (χ4v) is 1.78. The molecule has 0 heterocycles. The average molecular weight is 291 g/mol. The lowest BCUT2D eigenvalue weighted by atomic mass is 10.2. The monoisotopic (exact) mass is 291 g/mol. The first-order valence-electron chi connectivity index (χ1n) is 6.65. The van der Waals surface area contributed by atoms with E-state index in [1.165, 1.54) is 0 Å². The zero-order chi connectivity index (χ0) is 15.4. The summed E-state index contributed by atoms with van der Waals surface area (Å²) in [4.78, 5) is 33.9. The van der Waals surface area contributed by atoms with Crippen molar-refractivity contribution in [2.45, 2.75) is 25.3 Å². The van der Waals surface area contributed by atoms with Crippen LogP contribution in [0.4, 0.5) is 11.4 Å². The van der Waals surface area contributed by atoms with Gasteiger partial charge in [0.15, 0.2) is 0 Å². The number of hydrogen-bond donors (Lipinski definition) is 4. The number of hydrogen-bond acceptors (Lipinski definition) is 4. The largest absolute Gasteiger partial charge is 0.481 e. The third kappa shape index (κ3) is 4.57. The molecule has 2 rings (SSSR count). The summed E-state index contributed by atoms with van der Waals surface area (Å²) < 4.78 is 0. The number of rotatable bonds is 6. The number of carboxylic acids is 1. The standard InChI is InChI=1S/C14H17N3O4/c15-11(7-12(18)19)14(21)17-10-3-1-2-9(6-10)16-13(20)8-4-5-8/h1-3,6,8,11H,4-5,7,15H2,(H,16,20)(H,17,21)(H,18,19). The summed E-state index contributed by atoms with van der Waals surface area (Å²) in [5.41, 5.74) is 6.50. The molecule has 0 spiro atoms. The average Bonchev–Trinajstić information content (AvgIpc) is 3.22. The minimum Gasteiger partial charge on any atom is -0.481 e. The first-order valence-corrected chi connectivity index (χ1v) is 6.65. The van der Waals surface area contributed by atoms with Gasteiger partial charge in [-0.3, -0.25) is 14.4 Å². The maximum absolute atomic E-state index is 11.7. The number of nitrogens with one attached hydrogen (secondary N) is 2. The first kappa shape index (κ1) is 15.0. The molecule has 1 saturated carbocycles. The van der Waals surface area contributed by atoms with Crippen molar-refractivity contribution in [1.82, 2.24) is 0 Å². The zero-order valence-corrected chi connectivity index (χ0v) is 11.3. The fraction of sp³-hybridized carbons (Fsp3) is 0.357. The summed E-state index contributed by atoms with van der Waals surface area (Å²) in [5.74, 6) is -1.65. The van der Waals surface area contributed by atoms with Crippen LogP contribution < -0.4 is 16.4 Å². The molecule has 0 bridgehead atoms. The second-order valence-electron chi connectivity index (χ2n) is 5.04. The van der Waals surface area contributed by atoms with Gasteiger partial charge in [-0.25, -0.2) is 0 Å². The summed E-state index contributed by atoms with van der Waals surface area (Å²) in [6, 6.07) is 5.52. The second-order valence-corrected chi connectivity index (χ2v) is 5.04. The Balaban J connectivity index is 1.95. The topological polar surface area (TPSA) is 122 Å². The van der Waals surface area contributed by atoms with Crippen molar-refractivity contribution in [3.05, 3.63) is 24.3 Å². The molecular formula is C14H17N3O4. The van der Waals surface area contributed by atoms with Crippen LogP contribution in [-0.4, -0.2) is 28.9 Å². The molecule has 1 atom stereocenters. The number of carbonyl (C=O) groups is 3. The van der Waals surface area contributed by atoms with E-state index in [1.54, 1.807) is 24.3 Å². The predicted molar refractivity (Wildman–Crippen MR) is 76.7 cm³/mol. The lowest BCUT2D eigenvalue weighted by molar-refractivity contribution is -0.138. The first-order chi connectivity index (χ1) is 9.95. The number of benzene rings is 1. The van der Waals surface area contributed by atoms with E-state index in [9.17, 15) is 14.4 Å². The van der Waals surface area contributed by atoms with E-state index in [2.05, 4.69) is 10.6 Å². The molecule has 1 aliphatic rings. The summed E-state index contributed by atoms with van der Waals surface area (Å²) in [6.45, 7) is 0. The van der Waals surface area contributed by atoms with Crippen molar-refractivity contribution in [1.29, 1.82) is 0 Å². The Morgan fingerprint density at radius 2 is 1.86 bits per heavy atom. The van der Waals surface area contributed by atoms with E-state index in [1.807, 2.05) is 0 Å². The quantitative estimate of drug-likeness (QED) is 0.617. The van der Waals surface area contributed by atoms with Gasteiger partial charge in [0, 0.05) is 17.3 Å². The summed E-state index contributed by atoms with van der Waals surface area (Å²) >= 11 is 0. The molecule has 0 saturated heterocycles. The number of carboxylic acid groups (broad SMARTS) is 1. The molecule has 5 N–H and O–H groups in total. The molecule has 1 unspecified atom stereocenters. The molecule has 112 valence electrons. The van der Waals surface area contributed by atoms with Crippen LogP contribution in [0.15, 0.2) is 24.3 Å². The third-order valence-electron chi connectivity index (χ3n) is 3.08. The van der Waals surface area contributed by atoms with Crippen LogP contribution in [0.3, 0.4) is 0 Å². The van der Waals surface area contributed by atoms with Gasteiger partial charge < -0.3 is 21.5 Å². The van der Waals surface area contributed by atoms with Crippen LogP contribution in [0.2, 0.25) is 0 Å². The van der Waals surface area contributed by atoms with E-state index in [0.717, 1.165) is 12.8 Å². The van der Waals surface area contributed by atoms with Crippen molar-refractivity contribution in [3.8, 4) is 0 Å². The minimum atomic E-state index is -1.14. The van der Waals surface area contributed by atoms with Gasteiger partial charge in [0.2, 0.25) is 11.8 Å². The van der Waals surface area contributed by atoms with Crippen molar-refractivity contribution >= 4 is 29.2 Å². The molecule has 0 aliphatic heterocycles. The molecule has 1 aromatic rings. The summed E-state index contributed by atoms with van der Waals surface area (Å²) in [5, 5.41) is 13.9. The number of carbonyl (C=O) groups excluding carboxylic acids is 2. The summed E-state index contributed by atoms with van der Waals surface area (Å²) in [6.07, 6.45) is 1.38. The van der Waals surface area contributed by atoms with Gasteiger partial charge in [0.25, 0.3) is 0 Å². The van der Waals surface area contributed by atoms with Crippen LogP contribution in [0.1, 0.15) is 19.3 Å². The van der Waals surface area contributed by atoms with Gasteiger partial charge in [0.05, 0.1) is 12.5 Å². The summed E-state index contributed by atoms with van der Waals surface area (Å²) in [7, 11) is 0. The van der Waals surface area contributed by atoms with Crippen molar-refractivity contribution in [3.63, 3.8) is 0 Å². The number of nitrogens with two attached hydrogens (primary N) is 1. The molecule has 0 radical (unpaired) electrons. The van der Waals surface area contributed by atoms with Crippen LogP contribution in [-0.2, 0) is 14.4 Å². The SMILES string of the molecule is NC(CC(=O)O)C(=O)Nc1cccc(NC(=O)C2CC2)c1. The van der Waals surface area contributed by atoms with E-state index in [-0.39, 0.29) is 11.8 Å². The molecular weight excluding hydrogens is 274 g/mol. The van der Waals surface area contributed by atoms with Crippen LogP contribution in [0, 0.1) is 5.92 Å². The second kappa shape index (κ2) is 6.36. The molecule has 21 heavy (non-hydrogen) atoms. The molecule has 1 fully saturated rings. The minimum absolute atomic E-state index is 0.0268. The lowest BCUT2D eigenvalue weighted by Gasteiger charge is -2.11. The Morgan fingerprint density at radius 1 is 1.24 bits per heavy atom. The van der Waals surface area contributed by atoms with Gasteiger partial charge in [-0.05, 0) is 31.0 Å². The number of amides is 2. The van der Waals surface area contributed by atoms with Gasteiger partial charge in [-0.2, -0.15) is 0 Å². The van der Waals surface area contributed by atoms with Crippen molar-refractivity contribution in [2.24, 2.45) is 11.7 Å². The third-order valence-corrected chi connectivity index (χ3v) is 3.08. The Kier molecular flexibility index (Phi) is 4.54. The Morgan fingerprint density at radius 3 is 2.43 bits per heavy atom. The Labute approximate surface area is 121 Å². The van der Waals surface area contributed by atoms with Crippen molar-refractivity contribution < 1.29 is 19.5 Å². The molecule has 0 aromatic heterocycles. The molecule has 2 amide bonds. The molecule has 1 aromatic carbocycles. The maximum Gasteiger partial charge on any atom is 0.305 e. The van der Waals surface area contributed by atoms with Crippen LogP contribution >= 0.6 is 0 Å². The highest BCUT2D eigenvalue weighted by molar-refractivity contribution is 5.98. The van der Waals surface area contributed by atoms with Crippen LogP contribution in [0.25, 0.3) is 0 Å². The van der Waals surface area contributed by atoms with E-state index < -0.39 is 24.3 Å². The van der Waals surface area contributed by atoms with Crippen molar-refractivity contribution in [2.75, 3.05) is 10.6 Å². The van der Waals surface area contributed by atoms with Gasteiger partial charge >= 0.3 is 5.97 Å². The van der Waals surface area contributed by atoms with E-state index >= 15 is 0 Å². The smallest absolute Gasteiger partial charge is 0.305 e. The predicted octanol–water partition coefficient (Wildman–Crippen LogP) is 0.776. The fourth-order valence-electron chi connectivity index (χ4n) is 1.78. The van der Waals surface area contributed by atoms with Gasteiger partial charge in [-0.1, -0.05) is 6.07 Å². The maximum atomic E-state index is 11.7. The Bertz CT molecular complexity index is 569. The lowest BCUT2D eigenvalue weighted by Crippen LogP contribution is -2.37. The molecule has 1 aliphatic carbocycles.